The number of nitrogens with one attached hydrogen (secondary N) is 1. The molecule has 1 heterocycles. The largest absolute Gasteiger partial charge is 0.497 e. The number of rotatable bonds is 3. The lowest BCUT2D eigenvalue weighted by molar-refractivity contribution is 0.387. The van der Waals surface area contributed by atoms with Crippen LogP contribution in [0.25, 0.3) is 0 Å². The number of anilines is 1. The highest BCUT2D eigenvalue weighted by atomic mass is 35.5. The quantitative estimate of drug-likeness (QED) is 0.635. The van der Waals surface area contributed by atoms with Crippen molar-refractivity contribution in [2.45, 2.75) is 44.6 Å². The van der Waals surface area contributed by atoms with Crippen LogP contribution in [-0.4, -0.2) is 22.9 Å². The summed E-state index contributed by atoms with van der Waals surface area (Å²) in [6.07, 6.45) is 5.71. The number of hydrogen-bond donors (Lipinski definition) is 1. The molecule has 1 spiro atoms. The van der Waals surface area contributed by atoms with Gasteiger partial charge in [-0.1, -0.05) is 31.4 Å². The van der Waals surface area contributed by atoms with Gasteiger partial charge in [0.25, 0.3) is 0 Å². The van der Waals surface area contributed by atoms with Gasteiger partial charge in [0, 0.05) is 5.69 Å². The predicted octanol–water partition coefficient (Wildman–Crippen LogP) is 6.35. The maximum Gasteiger partial charge on any atom is 0.167 e. The van der Waals surface area contributed by atoms with Crippen LogP contribution in [0, 0.1) is 12.3 Å². The molecule has 4 nitrogen and oxygen atoms in total. The molecule has 2 aromatic carbocycles. The number of methoxy groups -OCH3 is 1. The molecule has 0 unspecified atom stereocenters. The Bertz CT molecular complexity index is 876. The summed E-state index contributed by atoms with van der Waals surface area (Å²) in [6, 6.07) is 16.3. The first kappa shape index (κ1) is 20.7. The lowest BCUT2D eigenvalue weighted by Gasteiger charge is -2.41. The molecule has 0 atom stereocenters. The van der Waals surface area contributed by atoms with Crippen LogP contribution in [0.1, 0.15) is 37.7 Å². The smallest absolute Gasteiger partial charge is 0.167 e. The van der Waals surface area contributed by atoms with Crippen molar-refractivity contribution in [2.75, 3.05) is 12.0 Å². The topological polar surface area (TPSA) is 48.7 Å². The van der Waals surface area contributed by atoms with Gasteiger partial charge in [0.1, 0.15) is 10.8 Å². The fourth-order valence-electron chi connectivity index (χ4n) is 4.13. The highest BCUT2D eigenvalue weighted by Gasteiger charge is 2.50. The zero-order valence-electron chi connectivity index (χ0n) is 16.3. The van der Waals surface area contributed by atoms with Gasteiger partial charge in [-0.3, -0.25) is 5.41 Å². The molecule has 4 rings (SSSR count). The standard InChI is InChI=1S/C22H25N3OS.ClH/c1-16-7-6-8-18(15-16)25-21(23)27-20(22(25)13-4-3-5-14-22)24-17-9-11-19(26-2)12-10-17;/h6-12,15,23H,3-5,13-14H2,1-2H3;1H. The van der Waals surface area contributed by atoms with Gasteiger partial charge in [-0.2, -0.15) is 0 Å². The molecule has 0 bridgehead atoms. The predicted molar refractivity (Wildman–Crippen MR) is 122 cm³/mol. The molecule has 0 amide bonds. The van der Waals surface area contributed by atoms with Crippen LogP contribution in [0.5, 0.6) is 5.75 Å². The van der Waals surface area contributed by atoms with E-state index in [1.807, 2.05) is 24.3 Å². The second-order valence-electron chi connectivity index (χ2n) is 7.29. The summed E-state index contributed by atoms with van der Waals surface area (Å²) in [6.45, 7) is 2.11. The van der Waals surface area contributed by atoms with Crippen molar-refractivity contribution >= 4 is 45.8 Å². The fourth-order valence-corrected chi connectivity index (χ4v) is 5.32. The monoisotopic (exact) mass is 415 g/mol. The third kappa shape index (κ3) is 3.78. The number of ether oxygens (including phenoxy) is 1. The van der Waals surface area contributed by atoms with Crippen molar-refractivity contribution in [3.8, 4) is 5.75 Å². The normalized spacial score (nSPS) is 19.7. The molecule has 2 fully saturated rings. The first-order valence-electron chi connectivity index (χ1n) is 9.49. The lowest BCUT2D eigenvalue weighted by atomic mass is 9.80. The van der Waals surface area contributed by atoms with Gasteiger partial charge < -0.3 is 9.64 Å². The van der Waals surface area contributed by atoms with Gasteiger partial charge in [-0.25, -0.2) is 4.99 Å². The highest BCUT2D eigenvalue weighted by molar-refractivity contribution is 8.27. The third-order valence-electron chi connectivity index (χ3n) is 5.47. The zero-order valence-corrected chi connectivity index (χ0v) is 17.9. The molecule has 1 saturated carbocycles. The molecule has 1 aliphatic carbocycles. The molecule has 148 valence electrons. The van der Waals surface area contributed by atoms with Crippen LogP contribution in [0.2, 0.25) is 0 Å². The van der Waals surface area contributed by atoms with Crippen LogP contribution in [0.3, 0.4) is 0 Å². The summed E-state index contributed by atoms with van der Waals surface area (Å²) in [5, 5.41) is 10.4. The average molecular weight is 416 g/mol. The zero-order chi connectivity index (χ0) is 18.9. The summed E-state index contributed by atoms with van der Waals surface area (Å²) < 4.78 is 5.26. The Morgan fingerprint density at radius 3 is 2.43 bits per heavy atom. The van der Waals surface area contributed by atoms with E-state index in [2.05, 4.69) is 36.1 Å². The van der Waals surface area contributed by atoms with Gasteiger partial charge in [-0.15, -0.1) is 12.4 Å². The molecule has 1 saturated heterocycles. The van der Waals surface area contributed by atoms with Crippen molar-refractivity contribution in [3.05, 3.63) is 54.1 Å². The fraction of sp³-hybridized carbons (Fsp3) is 0.364. The van der Waals surface area contributed by atoms with Crippen LogP contribution in [0.4, 0.5) is 11.4 Å². The minimum atomic E-state index is -0.187. The summed E-state index contributed by atoms with van der Waals surface area (Å²) >= 11 is 1.51. The Hall–Kier alpha value is -1.98. The molecule has 6 heteroatoms. The molecule has 0 radical (unpaired) electrons. The second-order valence-corrected chi connectivity index (χ2v) is 8.27. The van der Waals surface area contributed by atoms with E-state index in [1.165, 1.54) is 36.6 Å². The Morgan fingerprint density at radius 1 is 1.07 bits per heavy atom. The SMILES string of the molecule is COc1ccc(N=C2SC(=N)N(c3cccc(C)c3)C23CCCCC3)cc1.Cl. The van der Waals surface area contributed by atoms with E-state index < -0.39 is 0 Å². The number of halogens is 1. The molecule has 1 N–H and O–H groups in total. The van der Waals surface area contributed by atoms with Crippen LogP contribution in [-0.2, 0) is 0 Å². The van der Waals surface area contributed by atoms with Gasteiger partial charge in [0.2, 0.25) is 0 Å². The molecule has 2 aliphatic rings. The summed E-state index contributed by atoms with van der Waals surface area (Å²) in [5.41, 5.74) is 3.06. The summed E-state index contributed by atoms with van der Waals surface area (Å²) in [7, 11) is 1.67. The number of benzene rings is 2. The van der Waals surface area contributed by atoms with Gasteiger partial charge >= 0.3 is 0 Å². The van der Waals surface area contributed by atoms with Crippen molar-refractivity contribution in [3.63, 3.8) is 0 Å². The van der Waals surface area contributed by atoms with Crippen molar-refractivity contribution < 1.29 is 4.74 Å². The molecule has 0 aromatic heterocycles. The van der Waals surface area contributed by atoms with E-state index in [-0.39, 0.29) is 17.9 Å². The number of amidine groups is 1. The van der Waals surface area contributed by atoms with Gasteiger partial charge in [-0.05, 0) is 73.5 Å². The number of nitrogens with zero attached hydrogens (tertiary/aromatic N) is 2. The maximum absolute atomic E-state index is 8.72. The molecule has 1 aliphatic heterocycles. The summed E-state index contributed by atoms with van der Waals surface area (Å²) in [4.78, 5) is 7.23. The Labute approximate surface area is 177 Å². The van der Waals surface area contributed by atoms with Crippen LogP contribution < -0.4 is 9.64 Å². The van der Waals surface area contributed by atoms with Crippen LogP contribution in [0.15, 0.2) is 53.5 Å². The Balaban J connectivity index is 0.00000225. The van der Waals surface area contributed by atoms with Gasteiger partial charge in [0.05, 0.1) is 18.3 Å². The first-order chi connectivity index (χ1) is 13.1. The summed E-state index contributed by atoms with van der Waals surface area (Å²) in [5.74, 6) is 0.833. The van der Waals surface area contributed by atoms with E-state index in [1.54, 1.807) is 7.11 Å². The second kappa shape index (κ2) is 8.58. The molecular formula is C22H26ClN3OS. The first-order valence-corrected chi connectivity index (χ1v) is 10.3. The van der Waals surface area contributed by atoms with Gasteiger partial charge in [0.15, 0.2) is 5.17 Å². The highest BCUT2D eigenvalue weighted by Crippen LogP contribution is 2.48. The van der Waals surface area contributed by atoms with Crippen molar-refractivity contribution in [1.82, 2.24) is 0 Å². The minimum absolute atomic E-state index is 0. The van der Waals surface area contributed by atoms with E-state index in [9.17, 15) is 0 Å². The molecule has 2 aromatic rings. The third-order valence-corrected chi connectivity index (χ3v) is 6.51. The number of aliphatic imine (C=N–C) groups is 1. The van der Waals surface area contributed by atoms with Crippen LogP contribution >= 0.6 is 24.2 Å². The minimum Gasteiger partial charge on any atom is -0.497 e. The molecular weight excluding hydrogens is 390 g/mol. The lowest BCUT2D eigenvalue weighted by Crippen LogP contribution is -2.51. The number of hydrogen-bond acceptors (Lipinski definition) is 4. The number of aryl methyl sites for hydroxylation is 1. The van der Waals surface area contributed by atoms with E-state index in [4.69, 9.17) is 15.1 Å². The van der Waals surface area contributed by atoms with Crippen molar-refractivity contribution in [2.24, 2.45) is 4.99 Å². The average Bonchev–Trinajstić information content (AvgIpc) is 2.93. The Kier molecular flexibility index (Phi) is 6.36. The van der Waals surface area contributed by atoms with E-state index in [0.29, 0.717) is 5.17 Å². The van der Waals surface area contributed by atoms with E-state index >= 15 is 0 Å². The number of thioether (sulfide) groups is 1. The van der Waals surface area contributed by atoms with Crippen molar-refractivity contribution in [1.29, 1.82) is 5.41 Å². The maximum atomic E-state index is 8.72. The Morgan fingerprint density at radius 2 is 1.79 bits per heavy atom. The van der Waals surface area contributed by atoms with E-state index in [0.717, 1.165) is 35.0 Å². The molecule has 28 heavy (non-hydrogen) atoms.